The third kappa shape index (κ3) is 5.22. The smallest absolute Gasteiger partial charge is 0.315 e. The van der Waals surface area contributed by atoms with Crippen LogP contribution in [0.2, 0.25) is 0 Å². The zero-order valence-corrected chi connectivity index (χ0v) is 18.6. The highest BCUT2D eigenvalue weighted by Crippen LogP contribution is 2.32. The van der Waals surface area contributed by atoms with Crippen LogP contribution in [0.15, 0.2) is 97.1 Å². The lowest BCUT2D eigenvalue weighted by atomic mass is 9.87. The minimum absolute atomic E-state index is 0.00533. The molecule has 0 spiro atoms. The Bertz CT molecular complexity index is 1290. The van der Waals surface area contributed by atoms with Gasteiger partial charge in [-0.1, -0.05) is 86.6 Å². The molecule has 4 aromatic carbocycles. The fourth-order valence-corrected chi connectivity index (χ4v) is 3.92. The van der Waals surface area contributed by atoms with E-state index in [1.165, 1.54) is 0 Å². The van der Waals surface area contributed by atoms with Crippen LogP contribution in [-0.2, 0) is 9.53 Å². The third-order valence-corrected chi connectivity index (χ3v) is 5.54. The molecule has 0 bridgehead atoms. The predicted molar refractivity (Wildman–Crippen MR) is 129 cm³/mol. The number of fused-ring (bicyclic) bond motifs is 1. The number of carbonyl (C=O) groups is 1. The van der Waals surface area contributed by atoms with E-state index < -0.39 is 18.0 Å². The molecular formula is C29H25NO3. The van der Waals surface area contributed by atoms with Crippen LogP contribution in [0.4, 0.5) is 0 Å². The Balaban J connectivity index is 1.55. The van der Waals surface area contributed by atoms with Crippen molar-refractivity contribution in [2.45, 2.75) is 25.9 Å². The highest BCUT2D eigenvalue weighted by Gasteiger charge is 2.29. The lowest BCUT2D eigenvalue weighted by molar-refractivity contribution is -0.150. The van der Waals surface area contributed by atoms with E-state index >= 15 is 0 Å². The summed E-state index contributed by atoms with van der Waals surface area (Å²) in [7, 11) is 0. The van der Waals surface area contributed by atoms with Crippen molar-refractivity contribution in [3.05, 3.63) is 108 Å². The zero-order chi connectivity index (χ0) is 23.2. The summed E-state index contributed by atoms with van der Waals surface area (Å²) in [6, 6.07) is 32.6. The van der Waals surface area contributed by atoms with Gasteiger partial charge < -0.3 is 9.47 Å². The van der Waals surface area contributed by atoms with Gasteiger partial charge >= 0.3 is 5.97 Å². The van der Waals surface area contributed by atoms with Crippen LogP contribution >= 0.6 is 0 Å². The van der Waals surface area contributed by atoms with Gasteiger partial charge in [-0.25, -0.2) is 0 Å². The average Bonchev–Trinajstić information content (AvgIpc) is 2.83. The van der Waals surface area contributed by atoms with E-state index in [1.807, 2.05) is 86.6 Å². The number of rotatable bonds is 7. The number of esters is 1. The number of para-hydroxylation sites is 1. The highest BCUT2D eigenvalue weighted by atomic mass is 16.5. The highest BCUT2D eigenvalue weighted by molar-refractivity contribution is 5.86. The Morgan fingerprint density at radius 1 is 0.758 bits per heavy atom. The van der Waals surface area contributed by atoms with Gasteiger partial charge in [0.15, 0.2) is 0 Å². The Morgan fingerprint density at radius 2 is 1.45 bits per heavy atom. The number of nitrogens with zero attached hydrogens (tertiary/aromatic N) is 1. The standard InChI is InChI=1S/C29H25NO3/c1-20(2)28(24-16-15-21-9-6-7-10-22(21)17-24)29(31)33-27(19-30)23-11-8-14-26(18-23)32-25-12-4-3-5-13-25/h3-18,20,27-28H,1-2H3. The van der Waals surface area contributed by atoms with Gasteiger partial charge in [0.2, 0.25) is 6.10 Å². The number of hydrogen-bond donors (Lipinski definition) is 0. The molecule has 0 saturated carbocycles. The first kappa shape index (κ1) is 22.1. The van der Waals surface area contributed by atoms with Crippen molar-refractivity contribution in [1.29, 1.82) is 5.26 Å². The maximum atomic E-state index is 13.2. The summed E-state index contributed by atoms with van der Waals surface area (Å²) in [5.41, 5.74) is 1.45. The molecule has 4 nitrogen and oxygen atoms in total. The van der Waals surface area contributed by atoms with Crippen LogP contribution in [0, 0.1) is 17.2 Å². The molecule has 0 N–H and O–H groups in total. The van der Waals surface area contributed by atoms with Crippen LogP contribution in [0.1, 0.15) is 37.0 Å². The summed E-state index contributed by atoms with van der Waals surface area (Å²) < 4.78 is 11.6. The molecule has 33 heavy (non-hydrogen) atoms. The van der Waals surface area contributed by atoms with E-state index in [-0.39, 0.29) is 5.92 Å². The summed E-state index contributed by atoms with van der Waals surface area (Å²) in [6.07, 6.45) is -1.03. The van der Waals surface area contributed by atoms with Gasteiger partial charge in [0.05, 0.1) is 5.92 Å². The first-order chi connectivity index (χ1) is 16.0. The van der Waals surface area contributed by atoms with Crippen molar-refractivity contribution < 1.29 is 14.3 Å². The molecule has 0 heterocycles. The number of carbonyl (C=O) groups excluding carboxylic acids is 1. The van der Waals surface area contributed by atoms with Gasteiger partial charge in [0, 0.05) is 5.56 Å². The fraction of sp³-hybridized carbons (Fsp3) is 0.172. The van der Waals surface area contributed by atoms with Gasteiger partial charge in [0.25, 0.3) is 0 Å². The number of hydrogen-bond acceptors (Lipinski definition) is 4. The Hall–Kier alpha value is -4.10. The van der Waals surface area contributed by atoms with E-state index in [4.69, 9.17) is 9.47 Å². The minimum Gasteiger partial charge on any atom is -0.457 e. The molecule has 2 atom stereocenters. The second kappa shape index (κ2) is 10.0. The number of ether oxygens (including phenoxy) is 2. The van der Waals surface area contributed by atoms with Crippen molar-refractivity contribution in [1.82, 2.24) is 0 Å². The quantitative estimate of drug-likeness (QED) is 0.289. The maximum Gasteiger partial charge on any atom is 0.315 e. The van der Waals surface area contributed by atoms with Crippen LogP contribution < -0.4 is 4.74 Å². The summed E-state index contributed by atoms with van der Waals surface area (Å²) >= 11 is 0. The molecule has 4 heteroatoms. The Kier molecular flexibility index (Phi) is 6.71. The summed E-state index contributed by atoms with van der Waals surface area (Å²) in [5, 5.41) is 12.0. The maximum absolute atomic E-state index is 13.2. The molecule has 0 amide bonds. The van der Waals surface area contributed by atoms with Crippen LogP contribution in [-0.4, -0.2) is 5.97 Å². The first-order valence-corrected chi connectivity index (χ1v) is 11.0. The minimum atomic E-state index is -1.03. The van der Waals surface area contributed by atoms with Crippen LogP contribution in [0.25, 0.3) is 10.8 Å². The van der Waals surface area contributed by atoms with E-state index in [1.54, 1.807) is 24.3 Å². The lowest BCUT2D eigenvalue weighted by Crippen LogP contribution is -2.22. The Morgan fingerprint density at radius 3 is 2.18 bits per heavy atom. The van der Waals surface area contributed by atoms with Gasteiger partial charge in [-0.15, -0.1) is 0 Å². The predicted octanol–water partition coefficient (Wildman–Crippen LogP) is 7.18. The van der Waals surface area contributed by atoms with E-state index in [0.29, 0.717) is 17.1 Å². The molecule has 0 aliphatic rings. The van der Waals surface area contributed by atoms with Gasteiger partial charge in [-0.3, -0.25) is 4.79 Å². The summed E-state index contributed by atoms with van der Waals surface area (Å²) in [4.78, 5) is 13.2. The van der Waals surface area contributed by atoms with Crippen molar-refractivity contribution in [2.75, 3.05) is 0 Å². The van der Waals surface area contributed by atoms with Crippen molar-refractivity contribution in [3.63, 3.8) is 0 Å². The molecule has 4 rings (SSSR count). The fourth-order valence-electron chi connectivity index (χ4n) is 3.92. The summed E-state index contributed by atoms with van der Waals surface area (Å²) in [6.45, 7) is 3.97. The topological polar surface area (TPSA) is 59.3 Å². The second-order valence-corrected chi connectivity index (χ2v) is 8.26. The van der Waals surface area contributed by atoms with E-state index in [0.717, 1.165) is 16.3 Å². The monoisotopic (exact) mass is 435 g/mol. The second-order valence-electron chi connectivity index (χ2n) is 8.26. The molecule has 0 aliphatic carbocycles. The van der Waals surface area contributed by atoms with Gasteiger partial charge in [-0.2, -0.15) is 5.26 Å². The normalized spacial score (nSPS) is 12.7. The van der Waals surface area contributed by atoms with E-state index in [2.05, 4.69) is 6.07 Å². The van der Waals surface area contributed by atoms with Crippen LogP contribution in [0.5, 0.6) is 11.5 Å². The lowest BCUT2D eigenvalue weighted by Gasteiger charge is -2.22. The SMILES string of the molecule is CC(C)C(C(=O)OC(C#N)c1cccc(Oc2ccccc2)c1)c1ccc2ccccc2c1. The van der Waals surface area contributed by atoms with Crippen molar-refractivity contribution in [2.24, 2.45) is 5.92 Å². The molecule has 0 saturated heterocycles. The van der Waals surface area contributed by atoms with Gasteiger partial charge in [0.1, 0.15) is 17.6 Å². The largest absolute Gasteiger partial charge is 0.457 e. The molecule has 0 aromatic heterocycles. The summed E-state index contributed by atoms with van der Waals surface area (Å²) in [5.74, 6) is 0.377. The average molecular weight is 436 g/mol. The van der Waals surface area contributed by atoms with Crippen molar-refractivity contribution >= 4 is 16.7 Å². The molecular weight excluding hydrogens is 410 g/mol. The zero-order valence-electron chi connectivity index (χ0n) is 18.6. The Labute approximate surface area is 194 Å². The number of nitriles is 1. The number of benzene rings is 4. The molecule has 0 radical (unpaired) electrons. The molecule has 0 aliphatic heterocycles. The van der Waals surface area contributed by atoms with E-state index in [9.17, 15) is 10.1 Å². The van der Waals surface area contributed by atoms with Gasteiger partial charge in [-0.05, 0) is 46.5 Å². The molecule has 4 aromatic rings. The first-order valence-electron chi connectivity index (χ1n) is 11.0. The molecule has 164 valence electrons. The van der Waals surface area contributed by atoms with Crippen molar-refractivity contribution in [3.8, 4) is 17.6 Å². The molecule has 2 unspecified atom stereocenters. The van der Waals surface area contributed by atoms with Crippen LogP contribution in [0.3, 0.4) is 0 Å². The molecule has 0 fully saturated rings. The third-order valence-electron chi connectivity index (χ3n) is 5.54.